The van der Waals surface area contributed by atoms with Gasteiger partial charge >= 0.3 is 6.18 Å². The van der Waals surface area contributed by atoms with E-state index in [4.69, 9.17) is 10.8 Å². The monoisotopic (exact) mass is 302 g/mol. The molecule has 0 aliphatic heterocycles. The van der Waals surface area contributed by atoms with Crippen molar-refractivity contribution in [3.63, 3.8) is 0 Å². The SMILES string of the molecule is Nc1ccc(F)cc1S(=O)(=O)NCC(O)C(F)(F)F. The predicted octanol–water partition coefficient (Wildman–Crippen LogP) is 0.609. The summed E-state index contributed by atoms with van der Waals surface area (Å²) in [6.45, 7) is -1.29. The molecule has 1 rings (SSSR count). The van der Waals surface area contributed by atoms with Crippen LogP contribution in [0.2, 0.25) is 0 Å². The highest BCUT2D eigenvalue weighted by molar-refractivity contribution is 7.89. The molecule has 0 heterocycles. The number of nitrogens with one attached hydrogen (secondary N) is 1. The number of aliphatic hydroxyl groups is 1. The average molecular weight is 302 g/mol. The summed E-state index contributed by atoms with van der Waals surface area (Å²) in [7, 11) is -4.44. The van der Waals surface area contributed by atoms with Gasteiger partial charge in [0.1, 0.15) is 10.7 Å². The Labute approximate surface area is 106 Å². The van der Waals surface area contributed by atoms with Crippen LogP contribution in [-0.2, 0) is 10.0 Å². The summed E-state index contributed by atoms with van der Waals surface area (Å²) >= 11 is 0. The van der Waals surface area contributed by atoms with Crippen molar-refractivity contribution in [3.05, 3.63) is 24.0 Å². The lowest BCUT2D eigenvalue weighted by molar-refractivity contribution is -0.200. The van der Waals surface area contributed by atoms with Gasteiger partial charge in [0, 0.05) is 6.54 Å². The fourth-order valence-corrected chi connectivity index (χ4v) is 2.30. The molecule has 0 radical (unpaired) electrons. The second-order valence-corrected chi connectivity index (χ2v) is 5.33. The van der Waals surface area contributed by atoms with Crippen LogP contribution in [0.4, 0.5) is 23.2 Å². The van der Waals surface area contributed by atoms with Crippen molar-refractivity contribution >= 4 is 15.7 Å². The van der Waals surface area contributed by atoms with Gasteiger partial charge in [0.15, 0.2) is 6.10 Å². The van der Waals surface area contributed by atoms with Gasteiger partial charge in [-0.2, -0.15) is 13.2 Å². The predicted molar refractivity (Wildman–Crippen MR) is 58.1 cm³/mol. The van der Waals surface area contributed by atoms with Gasteiger partial charge < -0.3 is 10.8 Å². The molecular weight excluding hydrogens is 292 g/mol. The minimum Gasteiger partial charge on any atom is -0.398 e. The lowest BCUT2D eigenvalue weighted by atomic mass is 10.3. The quantitative estimate of drug-likeness (QED) is 0.561. The number of nitrogens with two attached hydrogens (primary N) is 1. The largest absolute Gasteiger partial charge is 0.415 e. The van der Waals surface area contributed by atoms with E-state index in [1.165, 1.54) is 4.72 Å². The Hall–Kier alpha value is -1.39. The third kappa shape index (κ3) is 4.04. The number of aliphatic hydroxyl groups excluding tert-OH is 1. The maximum absolute atomic E-state index is 12.9. The molecule has 5 nitrogen and oxygen atoms in total. The lowest BCUT2D eigenvalue weighted by Gasteiger charge is -2.15. The Kier molecular flexibility index (Phi) is 4.38. The Balaban J connectivity index is 2.91. The van der Waals surface area contributed by atoms with E-state index in [-0.39, 0.29) is 5.69 Å². The van der Waals surface area contributed by atoms with E-state index in [0.29, 0.717) is 6.07 Å². The number of hydrogen-bond donors (Lipinski definition) is 3. The molecule has 0 saturated heterocycles. The van der Waals surface area contributed by atoms with Crippen LogP contribution in [-0.4, -0.2) is 32.3 Å². The van der Waals surface area contributed by atoms with Crippen molar-refractivity contribution in [2.75, 3.05) is 12.3 Å². The molecule has 1 aromatic rings. The molecule has 0 aliphatic carbocycles. The zero-order valence-corrected chi connectivity index (χ0v) is 10.1. The van der Waals surface area contributed by atoms with E-state index >= 15 is 0 Å². The van der Waals surface area contributed by atoms with Gasteiger partial charge in [-0.05, 0) is 18.2 Å². The first-order valence-electron chi connectivity index (χ1n) is 4.83. The first kappa shape index (κ1) is 15.7. The normalized spacial score (nSPS) is 14.4. The average Bonchev–Trinajstić information content (AvgIpc) is 2.28. The van der Waals surface area contributed by atoms with E-state index in [0.717, 1.165) is 12.1 Å². The Morgan fingerprint density at radius 3 is 2.47 bits per heavy atom. The number of rotatable bonds is 4. The highest BCUT2D eigenvalue weighted by Crippen LogP contribution is 2.21. The van der Waals surface area contributed by atoms with Crippen LogP contribution < -0.4 is 10.5 Å². The highest BCUT2D eigenvalue weighted by Gasteiger charge is 2.38. The minimum absolute atomic E-state index is 0.324. The summed E-state index contributed by atoms with van der Waals surface area (Å²) in [6, 6.07) is 2.43. The van der Waals surface area contributed by atoms with Gasteiger partial charge in [-0.3, -0.25) is 0 Å². The first-order chi connectivity index (χ1) is 8.54. The van der Waals surface area contributed by atoms with Crippen molar-refractivity contribution < 1.29 is 31.1 Å². The van der Waals surface area contributed by atoms with Gasteiger partial charge in [0.2, 0.25) is 10.0 Å². The van der Waals surface area contributed by atoms with Gasteiger partial charge in [-0.15, -0.1) is 0 Å². The number of sulfonamides is 1. The minimum atomic E-state index is -4.96. The van der Waals surface area contributed by atoms with Crippen molar-refractivity contribution in [2.24, 2.45) is 0 Å². The van der Waals surface area contributed by atoms with Crippen molar-refractivity contribution in [2.45, 2.75) is 17.2 Å². The van der Waals surface area contributed by atoms with E-state index < -0.39 is 39.6 Å². The highest BCUT2D eigenvalue weighted by atomic mass is 32.2. The van der Waals surface area contributed by atoms with E-state index in [9.17, 15) is 26.0 Å². The molecule has 4 N–H and O–H groups in total. The van der Waals surface area contributed by atoms with Crippen LogP contribution >= 0.6 is 0 Å². The fraction of sp³-hybridized carbons (Fsp3) is 0.333. The third-order valence-corrected chi connectivity index (χ3v) is 3.59. The van der Waals surface area contributed by atoms with Crippen LogP contribution in [0.5, 0.6) is 0 Å². The van der Waals surface area contributed by atoms with E-state index in [2.05, 4.69) is 0 Å². The zero-order valence-electron chi connectivity index (χ0n) is 9.28. The van der Waals surface area contributed by atoms with Crippen LogP contribution in [0.15, 0.2) is 23.1 Å². The number of anilines is 1. The molecule has 1 atom stereocenters. The summed E-state index contributed by atoms with van der Waals surface area (Å²) < 4.78 is 73.6. The van der Waals surface area contributed by atoms with Gasteiger partial charge in [-0.25, -0.2) is 17.5 Å². The molecule has 0 saturated carbocycles. The van der Waals surface area contributed by atoms with Crippen molar-refractivity contribution in [1.29, 1.82) is 0 Å². The summed E-state index contributed by atoms with van der Waals surface area (Å²) in [4.78, 5) is -0.693. The Morgan fingerprint density at radius 1 is 1.37 bits per heavy atom. The maximum Gasteiger partial charge on any atom is 0.415 e. The topological polar surface area (TPSA) is 92.4 Å². The summed E-state index contributed by atoms with van der Waals surface area (Å²) in [5, 5.41) is 8.66. The second kappa shape index (κ2) is 5.31. The first-order valence-corrected chi connectivity index (χ1v) is 6.32. The molecule has 108 valence electrons. The van der Waals surface area contributed by atoms with E-state index in [1.807, 2.05) is 0 Å². The fourth-order valence-electron chi connectivity index (χ4n) is 1.12. The molecule has 0 aromatic heterocycles. The molecule has 0 fully saturated rings. The van der Waals surface area contributed by atoms with Gasteiger partial charge in [0.25, 0.3) is 0 Å². The smallest absolute Gasteiger partial charge is 0.398 e. The molecule has 19 heavy (non-hydrogen) atoms. The summed E-state index contributed by atoms with van der Waals surface area (Å²) in [6.07, 6.45) is -7.83. The van der Waals surface area contributed by atoms with Gasteiger partial charge in [-0.1, -0.05) is 0 Å². The number of hydrogen-bond acceptors (Lipinski definition) is 4. The Morgan fingerprint density at radius 2 is 1.95 bits per heavy atom. The maximum atomic E-state index is 12.9. The number of halogens is 4. The number of alkyl halides is 3. The van der Waals surface area contributed by atoms with Crippen LogP contribution in [0.25, 0.3) is 0 Å². The van der Waals surface area contributed by atoms with Crippen LogP contribution in [0, 0.1) is 5.82 Å². The molecule has 0 bridgehead atoms. The second-order valence-electron chi connectivity index (χ2n) is 3.59. The zero-order chi connectivity index (χ0) is 14.8. The van der Waals surface area contributed by atoms with Gasteiger partial charge in [0.05, 0.1) is 5.69 Å². The lowest BCUT2D eigenvalue weighted by Crippen LogP contribution is -2.40. The summed E-state index contributed by atoms with van der Waals surface area (Å²) in [5.41, 5.74) is 4.97. The number of benzene rings is 1. The molecule has 0 aliphatic rings. The van der Waals surface area contributed by atoms with E-state index in [1.54, 1.807) is 0 Å². The molecule has 0 amide bonds. The Bertz CT molecular complexity index is 559. The molecule has 0 spiro atoms. The molecule has 1 aromatic carbocycles. The molecule has 1 unspecified atom stereocenters. The van der Waals surface area contributed by atoms with Crippen molar-refractivity contribution in [1.82, 2.24) is 4.72 Å². The number of nitrogen functional groups attached to an aromatic ring is 1. The standard InChI is InChI=1S/C9H10F4N2O3S/c10-5-1-2-6(14)7(3-5)19(17,18)15-4-8(16)9(11,12)13/h1-3,8,15-16H,4,14H2. The van der Waals surface area contributed by atoms with Crippen molar-refractivity contribution in [3.8, 4) is 0 Å². The molecule has 10 heteroatoms. The third-order valence-electron chi connectivity index (χ3n) is 2.11. The van der Waals surface area contributed by atoms with Crippen LogP contribution in [0.1, 0.15) is 0 Å². The summed E-state index contributed by atoms with van der Waals surface area (Å²) in [5.74, 6) is -0.911. The molecular formula is C9H10F4N2O3S. The van der Waals surface area contributed by atoms with Crippen LogP contribution in [0.3, 0.4) is 0 Å².